The van der Waals surface area contributed by atoms with Crippen LogP contribution in [0.5, 0.6) is 0 Å². The van der Waals surface area contributed by atoms with E-state index in [9.17, 15) is 0 Å². The van der Waals surface area contributed by atoms with Crippen molar-refractivity contribution in [2.24, 2.45) is 28.4 Å². The molecule has 0 bridgehead atoms. The Labute approximate surface area is 140 Å². The van der Waals surface area contributed by atoms with Crippen molar-refractivity contribution in [3.8, 4) is 0 Å². The van der Waals surface area contributed by atoms with Gasteiger partial charge in [0.1, 0.15) is 0 Å². The molecule has 0 radical (unpaired) electrons. The highest BCUT2D eigenvalue weighted by molar-refractivity contribution is 4.94. The maximum atomic E-state index is 5.67. The van der Waals surface area contributed by atoms with Crippen LogP contribution in [0.3, 0.4) is 0 Å². The Morgan fingerprint density at radius 2 is 1.73 bits per heavy atom. The summed E-state index contributed by atoms with van der Waals surface area (Å²) in [5.74, 6) is 1.41. The molecule has 2 heteroatoms. The lowest BCUT2D eigenvalue weighted by Crippen LogP contribution is -2.31. The molecule has 0 aromatic carbocycles. The van der Waals surface area contributed by atoms with Gasteiger partial charge in [0.05, 0.1) is 0 Å². The molecule has 1 heterocycles. The van der Waals surface area contributed by atoms with Crippen LogP contribution in [0, 0.1) is 22.7 Å². The largest absolute Gasteiger partial charge is 0.330 e. The van der Waals surface area contributed by atoms with Gasteiger partial charge in [-0.2, -0.15) is 0 Å². The van der Waals surface area contributed by atoms with E-state index in [1.54, 1.807) is 0 Å². The average molecular weight is 311 g/mol. The van der Waals surface area contributed by atoms with E-state index in [1.807, 2.05) is 0 Å². The summed E-state index contributed by atoms with van der Waals surface area (Å²) < 4.78 is 0. The molecule has 2 atom stereocenters. The van der Waals surface area contributed by atoms with Gasteiger partial charge in [-0.1, -0.05) is 47.1 Å². The Morgan fingerprint density at radius 1 is 1.23 bits per heavy atom. The highest BCUT2D eigenvalue weighted by Crippen LogP contribution is 2.36. The second kappa shape index (κ2) is 7.97. The molecule has 1 aliphatic heterocycles. The molecule has 1 rings (SSSR count). The third kappa shape index (κ3) is 8.33. The van der Waals surface area contributed by atoms with E-state index >= 15 is 0 Å². The molecule has 2 nitrogen and oxygen atoms in total. The number of allylic oxidation sites excluding steroid dienone is 1. The summed E-state index contributed by atoms with van der Waals surface area (Å²) in [7, 11) is 0. The molecule has 22 heavy (non-hydrogen) atoms. The fourth-order valence-corrected chi connectivity index (χ4v) is 2.94. The third-order valence-corrected chi connectivity index (χ3v) is 4.91. The van der Waals surface area contributed by atoms with Gasteiger partial charge < -0.3 is 11.1 Å². The molecular weight excluding hydrogens is 268 g/mol. The summed E-state index contributed by atoms with van der Waals surface area (Å²) in [6.45, 7) is 26.2. The van der Waals surface area contributed by atoms with Gasteiger partial charge in [0, 0.05) is 5.54 Å². The van der Waals surface area contributed by atoms with Gasteiger partial charge in [-0.05, 0) is 69.4 Å². The minimum atomic E-state index is 0.313. The zero-order valence-electron chi connectivity index (χ0n) is 16.8. The second-order valence-corrected chi connectivity index (χ2v) is 9.99. The van der Waals surface area contributed by atoms with Crippen molar-refractivity contribution in [2.45, 2.75) is 80.7 Å². The van der Waals surface area contributed by atoms with Crippen LogP contribution in [0.25, 0.3) is 0 Å². The van der Waals surface area contributed by atoms with Gasteiger partial charge in [-0.3, -0.25) is 0 Å². The lowest BCUT2D eigenvalue weighted by Gasteiger charge is -2.29. The van der Waals surface area contributed by atoms with Gasteiger partial charge in [0.2, 0.25) is 0 Å². The topological polar surface area (TPSA) is 38.0 Å². The predicted octanol–water partition coefficient (Wildman–Crippen LogP) is 4.99. The van der Waals surface area contributed by atoms with E-state index in [1.165, 1.54) is 18.5 Å². The first kappa shape index (κ1) is 21.7. The monoisotopic (exact) mass is 310 g/mol. The van der Waals surface area contributed by atoms with Gasteiger partial charge >= 0.3 is 0 Å². The molecule has 0 aromatic heterocycles. The fraction of sp³-hybridized carbons (Fsp3) is 0.900. The molecular formula is C20H42N2. The lowest BCUT2D eigenvalue weighted by molar-refractivity contribution is 0.245. The molecule has 1 aliphatic rings. The van der Waals surface area contributed by atoms with Crippen LogP contribution >= 0.6 is 0 Å². The molecule has 0 saturated carbocycles. The SMILES string of the molecule is C=C(C)CC(CN)C(C)(C)C.CC1(C)CC(C(C)(C)C)CN1. The van der Waals surface area contributed by atoms with Gasteiger partial charge in [0.25, 0.3) is 0 Å². The van der Waals surface area contributed by atoms with Crippen LogP contribution < -0.4 is 11.1 Å². The Balaban J connectivity index is 0.000000401. The zero-order valence-corrected chi connectivity index (χ0v) is 16.8. The summed E-state index contributed by atoms with van der Waals surface area (Å²) in [5.41, 5.74) is 8.06. The molecule has 132 valence electrons. The van der Waals surface area contributed by atoms with E-state index in [4.69, 9.17) is 5.73 Å². The quantitative estimate of drug-likeness (QED) is 0.720. The maximum absolute atomic E-state index is 5.67. The van der Waals surface area contributed by atoms with Crippen LogP contribution in [0.15, 0.2) is 12.2 Å². The van der Waals surface area contributed by atoms with Crippen molar-refractivity contribution in [3.63, 3.8) is 0 Å². The van der Waals surface area contributed by atoms with E-state index in [0.717, 1.165) is 18.9 Å². The smallest absolute Gasteiger partial charge is 0.0128 e. The number of rotatable bonds is 3. The van der Waals surface area contributed by atoms with E-state index < -0.39 is 0 Å². The molecule has 0 spiro atoms. The van der Waals surface area contributed by atoms with Crippen molar-refractivity contribution >= 4 is 0 Å². The van der Waals surface area contributed by atoms with Gasteiger partial charge in [-0.15, -0.1) is 6.58 Å². The van der Waals surface area contributed by atoms with Crippen LogP contribution in [-0.4, -0.2) is 18.6 Å². The van der Waals surface area contributed by atoms with Crippen molar-refractivity contribution in [2.75, 3.05) is 13.1 Å². The summed E-state index contributed by atoms with van der Waals surface area (Å²) in [5, 5.41) is 3.55. The van der Waals surface area contributed by atoms with E-state index in [0.29, 0.717) is 22.3 Å². The Bertz CT molecular complexity index is 342. The van der Waals surface area contributed by atoms with Crippen LogP contribution in [0.2, 0.25) is 0 Å². The maximum Gasteiger partial charge on any atom is 0.0128 e. The summed E-state index contributed by atoms with van der Waals surface area (Å²) in [6.07, 6.45) is 2.37. The minimum Gasteiger partial charge on any atom is -0.330 e. The molecule has 0 amide bonds. The summed E-state index contributed by atoms with van der Waals surface area (Å²) in [4.78, 5) is 0. The average Bonchev–Trinajstić information content (AvgIpc) is 2.65. The normalized spacial score (nSPS) is 22.7. The van der Waals surface area contributed by atoms with Crippen molar-refractivity contribution in [3.05, 3.63) is 12.2 Å². The predicted molar refractivity (Wildman–Crippen MR) is 101 cm³/mol. The van der Waals surface area contributed by atoms with Crippen molar-refractivity contribution in [1.82, 2.24) is 5.32 Å². The molecule has 3 N–H and O–H groups in total. The number of nitrogens with one attached hydrogen (secondary N) is 1. The molecule has 2 unspecified atom stereocenters. The number of hydrogen-bond donors (Lipinski definition) is 2. The van der Waals surface area contributed by atoms with Crippen LogP contribution in [-0.2, 0) is 0 Å². The zero-order chi connectivity index (χ0) is 17.8. The Kier molecular flexibility index (Phi) is 7.84. The van der Waals surface area contributed by atoms with Crippen LogP contribution in [0.1, 0.15) is 75.2 Å². The van der Waals surface area contributed by atoms with E-state index in [-0.39, 0.29) is 0 Å². The molecule has 1 saturated heterocycles. The molecule has 0 aromatic rings. The molecule has 1 fully saturated rings. The summed E-state index contributed by atoms with van der Waals surface area (Å²) >= 11 is 0. The van der Waals surface area contributed by atoms with Gasteiger partial charge in [0.15, 0.2) is 0 Å². The number of hydrogen-bond acceptors (Lipinski definition) is 2. The van der Waals surface area contributed by atoms with Crippen molar-refractivity contribution < 1.29 is 0 Å². The Morgan fingerprint density at radius 3 is 1.86 bits per heavy atom. The van der Waals surface area contributed by atoms with E-state index in [2.05, 4.69) is 74.2 Å². The first-order valence-corrected chi connectivity index (χ1v) is 8.78. The Hall–Kier alpha value is -0.340. The van der Waals surface area contributed by atoms with Crippen molar-refractivity contribution in [1.29, 1.82) is 0 Å². The van der Waals surface area contributed by atoms with Gasteiger partial charge in [-0.25, -0.2) is 0 Å². The standard InChI is InChI=1S/2C10H21N/c1-9(2,3)8-6-10(4,5)11-7-8;1-8(2)6-9(7-11)10(3,4)5/h8,11H,6-7H2,1-5H3;9H,1,6-7,11H2,2-5H3. The minimum absolute atomic E-state index is 0.313. The third-order valence-electron chi connectivity index (χ3n) is 4.91. The molecule has 0 aliphatic carbocycles. The first-order valence-electron chi connectivity index (χ1n) is 8.78. The second-order valence-electron chi connectivity index (χ2n) is 9.99. The summed E-state index contributed by atoms with van der Waals surface area (Å²) in [6, 6.07) is 0. The first-order chi connectivity index (χ1) is 9.69. The van der Waals surface area contributed by atoms with Crippen LogP contribution in [0.4, 0.5) is 0 Å². The number of nitrogens with two attached hydrogens (primary N) is 1. The highest BCUT2D eigenvalue weighted by Gasteiger charge is 2.36. The highest BCUT2D eigenvalue weighted by atomic mass is 15.0. The fourth-order valence-electron chi connectivity index (χ4n) is 2.94. The lowest BCUT2D eigenvalue weighted by atomic mass is 9.77.